The van der Waals surface area contributed by atoms with Gasteiger partial charge in [0.15, 0.2) is 17.3 Å². The van der Waals surface area contributed by atoms with Crippen molar-refractivity contribution in [3.63, 3.8) is 0 Å². The van der Waals surface area contributed by atoms with Crippen LogP contribution in [-0.2, 0) is 10.2 Å². The summed E-state index contributed by atoms with van der Waals surface area (Å²) in [6.07, 6.45) is 4.12. The number of carbonyl (C=O) groups is 2. The van der Waals surface area contributed by atoms with Gasteiger partial charge in [-0.2, -0.15) is 5.10 Å². The monoisotopic (exact) mass is 570 g/mol. The standard InChI is InChI=1S/C32H32F2N6O2/c1-31(2,3)22-6-8-23(9-7-22)40-28(21-5-4-14-35-19-21)18-27(37-40)29(41)38-15-12-32(13-16-38)30(42)36-20-39(32)24-10-11-25(33)26(34)17-24/h4-11,14,17-19H,12-13,15-16,20H2,1-3H3,(H,36,42). The lowest BCUT2D eigenvalue weighted by Crippen LogP contribution is -2.57. The molecule has 0 saturated carbocycles. The highest BCUT2D eigenvalue weighted by Gasteiger charge is 2.51. The summed E-state index contributed by atoms with van der Waals surface area (Å²) in [5.41, 5.74) is 3.34. The van der Waals surface area contributed by atoms with E-state index in [9.17, 15) is 18.4 Å². The van der Waals surface area contributed by atoms with Crippen LogP contribution in [0.25, 0.3) is 16.9 Å². The maximum absolute atomic E-state index is 14.0. The topological polar surface area (TPSA) is 83.4 Å². The Hall–Kier alpha value is -4.60. The van der Waals surface area contributed by atoms with Gasteiger partial charge in [-0.25, -0.2) is 13.5 Å². The number of benzene rings is 2. The van der Waals surface area contributed by atoms with Crippen molar-refractivity contribution in [3.05, 3.63) is 95.9 Å². The number of carbonyl (C=O) groups excluding carboxylic acids is 2. The fourth-order valence-electron chi connectivity index (χ4n) is 5.82. The van der Waals surface area contributed by atoms with Gasteiger partial charge >= 0.3 is 0 Å². The zero-order chi connectivity index (χ0) is 29.6. The molecule has 6 rings (SSSR count). The Morgan fingerprint density at radius 3 is 2.31 bits per heavy atom. The summed E-state index contributed by atoms with van der Waals surface area (Å²) < 4.78 is 29.4. The molecule has 10 heteroatoms. The van der Waals surface area contributed by atoms with Crippen LogP contribution in [0.2, 0.25) is 0 Å². The molecule has 2 aliphatic heterocycles. The van der Waals surface area contributed by atoms with Gasteiger partial charge in [0.1, 0.15) is 5.54 Å². The van der Waals surface area contributed by atoms with E-state index in [1.165, 1.54) is 11.6 Å². The lowest BCUT2D eigenvalue weighted by atomic mass is 9.85. The zero-order valence-electron chi connectivity index (χ0n) is 23.8. The molecule has 2 amide bonds. The number of piperidine rings is 1. The molecule has 0 aliphatic carbocycles. The quantitative estimate of drug-likeness (QED) is 0.370. The van der Waals surface area contributed by atoms with E-state index in [1.54, 1.807) is 32.9 Å². The molecule has 2 aromatic carbocycles. The molecule has 4 heterocycles. The zero-order valence-corrected chi connectivity index (χ0v) is 23.8. The minimum Gasteiger partial charge on any atom is -0.339 e. The molecular weight excluding hydrogens is 538 g/mol. The predicted molar refractivity (Wildman–Crippen MR) is 155 cm³/mol. The number of amides is 2. The molecule has 2 fully saturated rings. The van der Waals surface area contributed by atoms with Crippen molar-refractivity contribution in [2.45, 2.75) is 44.6 Å². The van der Waals surface area contributed by atoms with E-state index in [2.05, 4.69) is 43.2 Å². The number of hydrogen-bond donors (Lipinski definition) is 1. The third kappa shape index (κ3) is 4.80. The van der Waals surface area contributed by atoms with Crippen LogP contribution in [0.15, 0.2) is 73.1 Å². The van der Waals surface area contributed by atoms with Crippen LogP contribution in [0, 0.1) is 11.6 Å². The Kier molecular flexibility index (Phi) is 6.79. The Morgan fingerprint density at radius 2 is 1.67 bits per heavy atom. The lowest BCUT2D eigenvalue weighted by Gasteiger charge is -2.43. The number of pyridine rings is 1. The summed E-state index contributed by atoms with van der Waals surface area (Å²) in [4.78, 5) is 34.5. The number of aromatic nitrogens is 3. The number of nitrogens with zero attached hydrogens (tertiary/aromatic N) is 5. The van der Waals surface area contributed by atoms with Crippen molar-refractivity contribution in [1.82, 2.24) is 25.0 Å². The highest BCUT2D eigenvalue weighted by molar-refractivity contribution is 5.96. The van der Waals surface area contributed by atoms with E-state index in [0.717, 1.165) is 29.1 Å². The van der Waals surface area contributed by atoms with Gasteiger partial charge in [-0.15, -0.1) is 0 Å². The molecular formula is C32H32F2N6O2. The summed E-state index contributed by atoms with van der Waals surface area (Å²) >= 11 is 0. The number of hydrogen-bond acceptors (Lipinski definition) is 5. The van der Waals surface area contributed by atoms with Crippen LogP contribution in [-0.4, -0.2) is 56.8 Å². The normalized spacial score (nSPS) is 16.6. The van der Waals surface area contributed by atoms with Crippen molar-refractivity contribution in [2.24, 2.45) is 0 Å². The number of likely N-dealkylation sites (tertiary alicyclic amines) is 1. The molecule has 2 aromatic heterocycles. The Bertz CT molecular complexity index is 1640. The van der Waals surface area contributed by atoms with Gasteiger partial charge in [0.2, 0.25) is 5.91 Å². The van der Waals surface area contributed by atoms with E-state index in [1.807, 2.05) is 24.3 Å². The number of halogens is 2. The number of rotatable bonds is 4. The van der Waals surface area contributed by atoms with Crippen LogP contribution >= 0.6 is 0 Å². The fourth-order valence-corrected chi connectivity index (χ4v) is 5.82. The van der Waals surface area contributed by atoms with Gasteiger partial charge in [0.25, 0.3) is 5.91 Å². The van der Waals surface area contributed by atoms with Crippen LogP contribution in [0.5, 0.6) is 0 Å². The van der Waals surface area contributed by atoms with Crippen LogP contribution < -0.4 is 10.2 Å². The van der Waals surface area contributed by atoms with E-state index < -0.39 is 17.2 Å². The molecule has 0 radical (unpaired) electrons. The first-order chi connectivity index (χ1) is 20.1. The van der Waals surface area contributed by atoms with Crippen LogP contribution in [0.4, 0.5) is 14.5 Å². The number of anilines is 1. The van der Waals surface area contributed by atoms with Crippen LogP contribution in [0.3, 0.4) is 0 Å². The molecule has 2 saturated heterocycles. The van der Waals surface area contributed by atoms with Gasteiger partial charge in [-0.05, 0) is 66.3 Å². The first-order valence-electron chi connectivity index (χ1n) is 14.0. The SMILES string of the molecule is CC(C)(C)c1ccc(-n2nc(C(=O)N3CCC4(CC3)C(=O)NCN4c3ccc(F)c(F)c3)cc2-c2cccnc2)cc1. The largest absolute Gasteiger partial charge is 0.339 e. The summed E-state index contributed by atoms with van der Waals surface area (Å²) in [5.74, 6) is -2.33. The van der Waals surface area contributed by atoms with Gasteiger partial charge in [0, 0.05) is 42.8 Å². The number of nitrogens with one attached hydrogen (secondary N) is 1. The van der Waals surface area contributed by atoms with Crippen molar-refractivity contribution in [3.8, 4) is 16.9 Å². The second-order valence-electron chi connectivity index (χ2n) is 11.9. The van der Waals surface area contributed by atoms with E-state index >= 15 is 0 Å². The minimum atomic E-state index is -0.970. The summed E-state index contributed by atoms with van der Waals surface area (Å²) in [6.45, 7) is 7.27. The third-order valence-electron chi connectivity index (χ3n) is 8.29. The smallest absolute Gasteiger partial charge is 0.274 e. The van der Waals surface area contributed by atoms with Crippen molar-refractivity contribution in [2.75, 3.05) is 24.7 Å². The average Bonchev–Trinajstić information content (AvgIpc) is 3.57. The fraction of sp³-hybridized carbons (Fsp3) is 0.312. The predicted octanol–water partition coefficient (Wildman–Crippen LogP) is 5.08. The highest BCUT2D eigenvalue weighted by Crippen LogP contribution is 2.37. The maximum Gasteiger partial charge on any atom is 0.274 e. The second-order valence-corrected chi connectivity index (χ2v) is 11.9. The molecule has 0 atom stereocenters. The molecule has 0 unspecified atom stereocenters. The molecule has 8 nitrogen and oxygen atoms in total. The van der Waals surface area contributed by atoms with Crippen molar-refractivity contribution >= 4 is 17.5 Å². The first kappa shape index (κ1) is 27.6. The molecule has 1 N–H and O–H groups in total. The van der Waals surface area contributed by atoms with Crippen molar-refractivity contribution in [1.29, 1.82) is 0 Å². The molecule has 0 bridgehead atoms. The lowest BCUT2D eigenvalue weighted by molar-refractivity contribution is -0.124. The summed E-state index contributed by atoms with van der Waals surface area (Å²) in [5, 5.41) is 7.58. The minimum absolute atomic E-state index is 0.00175. The van der Waals surface area contributed by atoms with Gasteiger partial charge < -0.3 is 15.1 Å². The average molecular weight is 571 g/mol. The van der Waals surface area contributed by atoms with Gasteiger partial charge in [-0.3, -0.25) is 14.6 Å². The van der Waals surface area contributed by atoms with Crippen molar-refractivity contribution < 1.29 is 18.4 Å². The molecule has 2 aliphatic rings. The summed E-state index contributed by atoms with van der Waals surface area (Å²) in [7, 11) is 0. The highest BCUT2D eigenvalue weighted by atomic mass is 19.2. The Labute approximate surface area is 243 Å². The summed E-state index contributed by atoms with van der Waals surface area (Å²) in [6, 6.07) is 17.3. The van der Waals surface area contributed by atoms with E-state index in [4.69, 9.17) is 5.10 Å². The maximum atomic E-state index is 14.0. The molecule has 4 aromatic rings. The Balaban J connectivity index is 1.27. The van der Waals surface area contributed by atoms with E-state index in [0.29, 0.717) is 31.6 Å². The van der Waals surface area contributed by atoms with Gasteiger partial charge in [-0.1, -0.05) is 32.9 Å². The van der Waals surface area contributed by atoms with Gasteiger partial charge in [0.05, 0.1) is 18.1 Å². The molecule has 216 valence electrons. The first-order valence-corrected chi connectivity index (χ1v) is 14.0. The molecule has 42 heavy (non-hydrogen) atoms. The molecule has 1 spiro atoms. The Morgan fingerprint density at radius 1 is 0.952 bits per heavy atom. The van der Waals surface area contributed by atoms with Crippen LogP contribution in [0.1, 0.15) is 49.7 Å². The van der Waals surface area contributed by atoms with E-state index in [-0.39, 0.29) is 29.6 Å². The second kappa shape index (κ2) is 10.3. The third-order valence-corrected chi connectivity index (χ3v) is 8.29.